The van der Waals surface area contributed by atoms with E-state index in [-0.39, 0.29) is 5.91 Å². The summed E-state index contributed by atoms with van der Waals surface area (Å²) < 4.78 is 10.5. The van der Waals surface area contributed by atoms with Crippen molar-refractivity contribution in [2.75, 3.05) is 12.4 Å². The molecule has 6 heteroatoms. The molecular weight excluding hydrogens is 342 g/mol. The second-order valence-corrected chi connectivity index (χ2v) is 6.48. The van der Waals surface area contributed by atoms with Crippen molar-refractivity contribution in [3.05, 3.63) is 58.6 Å². The van der Waals surface area contributed by atoms with E-state index in [1.807, 2.05) is 6.92 Å². The van der Waals surface area contributed by atoms with Crippen LogP contribution in [0.2, 0.25) is 5.02 Å². The molecule has 5 nitrogen and oxygen atoms in total. The normalized spacial score (nSPS) is 10.9. The highest BCUT2D eigenvalue weighted by Crippen LogP contribution is 2.24. The van der Waals surface area contributed by atoms with Crippen LogP contribution in [0.25, 0.3) is 0 Å². The van der Waals surface area contributed by atoms with Gasteiger partial charge in [-0.1, -0.05) is 17.7 Å². The molecule has 0 saturated carbocycles. The number of hydrogen-bond acceptors (Lipinski definition) is 4. The van der Waals surface area contributed by atoms with E-state index in [0.29, 0.717) is 22.0 Å². The van der Waals surface area contributed by atoms with Gasteiger partial charge in [-0.15, -0.1) is 0 Å². The first kappa shape index (κ1) is 18.8. The maximum absolute atomic E-state index is 12.6. The summed E-state index contributed by atoms with van der Waals surface area (Å²) in [6.07, 6.45) is 0. The van der Waals surface area contributed by atoms with Crippen molar-refractivity contribution in [1.29, 1.82) is 0 Å². The van der Waals surface area contributed by atoms with E-state index in [1.165, 1.54) is 7.11 Å². The summed E-state index contributed by atoms with van der Waals surface area (Å²) in [5, 5.41) is 3.39. The maximum Gasteiger partial charge on any atom is 0.337 e. The van der Waals surface area contributed by atoms with Crippen LogP contribution < -0.4 is 10.1 Å². The molecule has 0 atom stereocenters. The number of benzene rings is 2. The lowest BCUT2D eigenvalue weighted by molar-refractivity contribution is -0.128. The standard InChI is InChI=1S/C19H20ClNO4/c1-12-5-6-13(17(22)24-4)11-16(12)21-18(23)19(2,3)25-15-9-7-14(20)8-10-15/h5-11H,1-4H3,(H,21,23). The molecule has 2 aromatic rings. The van der Waals surface area contributed by atoms with Crippen LogP contribution in [-0.2, 0) is 9.53 Å². The molecule has 25 heavy (non-hydrogen) atoms. The van der Waals surface area contributed by atoms with Crippen LogP contribution in [0.5, 0.6) is 5.75 Å². The van der Waals surface area contributed by atoms with Gasteiger partial charge in [0.2, 0.25) is 0 Å². The van der Waals surface area contributed by atoms with Gasteiger partial charge in [-0.3, -0.25) is 4.79 Å². The Morgan fingerprint density at radius 2 is 1.72 bits per heavy atom. The molecule has 132 valence electrons. The fourth-order valence-corrected chi connectivity index (χ4v) is 2.24. The van der Waals surface area contributed by atoms with E-state index < -0.39 is 11.6 Å². The Morgan fingerprint density at radius 1 is 1.08 bits per heavy atom. The fourth-order valence-electron chi connectivity index (χ4n) is 2.12. The topological polar surface area (TPSA) is 64.6 Å². The van der Waals surface area contributed by atoms with Crippen molar-refractivity contribution in [3.63, 3.8) is 0 Å². The number of aryl methyl sites for hydroxylation is 1. The van der Waals surface area contributed by atoms with Crippen LogP contribution >= 0.6 is 11.6 Å². The van der Waals surface area contributed by atoms with E-state index in [4.69, 9.17) is 21.1 Å². The summed E-state index contributed by atoms with van der Waals surface area (Å²) >= 11 is 5.85. The number of rotatable bonds is 5. The number of ether oxygens (including phenoxy) is 2. The van der Waals surface area contributed by atoms with Crippen LogP contribution in [0, 0.1) is 6.92 Å². The number of carbonyl (C=O) groups is 2. The first-order chi connectivity index (χ1) is 11.7. The van der Waals surface area contributed by atoms with Gasteiger partial charge in [-0.05, 0) is 62.7 Å². The zero-order chi connectivity index (χ0) is 18.6. The van der Waals surface area contributed by atoms with Gasteiger partial charge in [-0.2, -0.15) is 0 Å². The summed E-state index contributed by atoms with van der Waals surface area (Å²) in [7, 11) is 1.31. The van der Waals surface area contributed by atoms with Crippen LogP contribution in [0.1, 0.15) is 29.8 Å². The van der Waals surface area contributed by atoms with Gasteiger partial charge in [0, 0.05) is 10.7 Å². The molecule has 1 N–H and O–H groups in total. The Labute approximate surface area is 151 Å². The molecule has 0 unspecified atom stereocenters. The van der Waals surface area contributed by atoms with Gasteiger partial charge in [0.15, 0.2) is 5.60 Å². The third-order valence-corrected chi connectivity index (χ3v) is 3.89. The molecule has 2 rings (SSSR count). The molecule has 1 amide bonds. The largest absolute Gasteiger partial charge is 0.478 e. The van der Waals surface area contributed by atoms with Crippen LogP contribution in [0.4, 0.5) is 5.69 Å². The summed E-state index contributed by atoms with van der Waals surface area (Å²) in [5.74, 6) is -0.274. The molecule has 2 aromatic carbocycles. The number of hydrogen-bond donors (Lipinski definition) is 1. The Morgan fingerprint density at radius 3 is 2.32 bits per heavy atom. The van der Waals surface area contributed by atoms with Crippen molar-refractivity contribution in [1.82, 2.24) is 0 Å². The van der Waals surface area contributed by atoms with E-state index in [9.17, 15) is 9.59 Å². The SMILES string of the molecule is COC(=O)c1ccc(C)c(NC(=O)C(C)(C)Oc2ccc(Cl)cc2)c1. The first-order valence-corrected chi connectivity index (χ1v) is 8.06. The lowest BCUT2D eigenvalue weighted by atomic mass is 10.1. The third-order valence-electron chi connectivity index (χ3n) is 3.64. The number of halogens is 1. The van der Waals surface area contributed by atoms with Crippen molar-refractivity contribution in [2.24, 2.45) is 0 Å². The average Bonchev–Trinajstić information content (AvgIpc) is 2.58. The highest BCUT2D eigenvalue weighted by Gasteiger charge is 2.30. The molecule has 0 aliphatic rings. The molecule has 0 bridgehead atoms. The highest BCUT2D eigenvalue weighted by atomic mass is 35.5. The predicted octanol–water partition coefficient (Wildman–Crippen LogP) is 4.23. The first-order valence-electron chi connectivity index (χ1n) is 7.68. The predicted molar refractivity (Wildman–Crippen MR) is 97.3 cm³/mol. The number of nitrogens with one attached hydrogen (secondary N) is 1. The third kappa shape index (κ3) is 4.73. The molecule has 0 fully saturated rings. The zero-order valence-corrected chi connectivity index (χ0v) is 15.3. The molecule has 0 aromatic heterocycles. The van der Waals surface area contributed by atoms with Crippen molar-refractivity contribution >= 4 is 29.2 Å². The minimum Gasteiger partial charge on any atom is -0.478 e. The Bertz CT molecular complexity index is 785. The number of esters is 1. The average molecular weight is 362 g/mol. The summed E-state index contributed by atoms with van der Waals surface area (Å²) in [5.41, 5.74) is 0.588. The van der Waals surface area contributed by atoms with E-state index in [1.54, 1.807) is 56.3 Å². The lowest BCUT2D eigenvalue weighted by Crippen LogP contribution is -2.42. The van der Waals surface area contributed by atoms with Gasteiger partial charge in [0.05, 0.1) is 12.7 Å². The van der Waals surface area contributed by atoms with Gasteiger partial charge in [-0.25, -0.2) is 4.79 Å². The fraction of sp³-hybridized carbons (Fsp3) is 0.263. The van der Waals surface area contributed by atoms with Gasteiger partial charge in [0.1, 0.15) is 5.75 Å². The van der Waals surface area contributed by atoms with E-state index in [2.05, 4.69) is 5.32 Å². The van der Waals surface area contributed by atoms with E-state index in [0.717, 1.165) is 5.56 Å². The van der Waals surface area contributed by atoms with E-state index >= 15 is 0 Å². The lowest BCUT2D eigenvalue weighted by Gasteiger charge is -2.26. The van der Waals surface area contributed by atoms with Crippen molar-refractivity contribution in [2.45, 2.75) is 26.4 Å². The molecule has 0 aliphatic heterocycles. The summed E-state index contributed by atoms with van der Waals surface area (Å²) in [4.78, 5) is 24.3. The Balaban J connectivity index is 2.17. The van der Waals surface area contributed by atoms with Crippen LogP contribution in [0.3, 0.4) is 0 Å². The summed E-state index contributed by atoms with van der Waals surface area (Å²) in [6.45, 7) is 5.16. The number of anilines is 1. The molecule has 0 heterocycles. The van der Waals surface area contributed by atoms with Gasteiger partial charge >= 0.3 is 5.97 Å². The summed E-state index contributed by atoms with van der Waals surface area (Å²) in [6, 6.07) is 11.7. The van der Waals surface area contributed by atoms with Gasteiger partial charge in [0.25, 0.3) is 5.91 Å². The second-order valence-electron chi connectivity index (χ2n) is 6.04. The Hall–Kier alpha value is -2.53. The monoisotopic (exact) mass is 361 g/mol. The van der Waals surface area contributed by atoms with Gasteiger partial charge < -0.3 is 14.8 Å². The Kier molecular flexibility index (Phi) is 5.69. The minimum atomic E-state index is -1.12. The highest BCUT2D eigenvalue weighted by molar-refractivity contribution is 6.30. The molecule has 0 aliphatic carbocycles. The minimum absolute atomic E-state index is 0.340. The zero-order valence-electron chi connectivity index (χ0n) is 14.6. The molecule has 0 saturated heterocycles. The van der Waals surface area contributed by atoms with Crippen molar-refractivity contribution < 1.29 is 19.1 Å². The second kappa shape index (κ2) is 7.57. The molecular formula is C19H20ClNO4. The maximum atomic E-state index is 12.6. The molecule has 0 radical (unpaired) electrons. The quantitative estimate of drug-likeness (QED) is 0.809. The molecule has 0 spiro atoms. The number of carbonyl (C=O) groups excluding carboxylic acids is 2. The van der Waals surface area contributed by atoms with Crippen LogP contribution in [-0.4, -0.2) is 24.6 Å². The smallest absolute Gasteiger partial charge is 0.337 e. The van der Waals surface area contributed by atoms with Crippen molar-refractivity contribution in [3.8, 4) is 5.75 Å². The van der Waals surface area contributed by atoms with Crippen LogP contribution in [0.15, 0.2) is 42.5 Å². The number of amides is 1. The number of methoxy groups -OCH3 is 1.